The zero-order chi connectivity index (χ0) is 25.5. The maximum Gasteiger partial charge on any atom is 0.327 e. The second-order valence-electron chi connectivity index (χ2n) is 9.70. The van der Waals surface area contributed by atoms with Crippen molar-refractivity contribution >= 4 is 17.4 Å². The van der Waals surface area contributed by atoms with Gasteiger partial charge in [-0.15, -0.1) is 0 Å². The highest BCUT2D eigenvalue weighted by Crippen LogP contribution is 2.24. The predicted octanol–water partition coefficient (Wildman–Crippen LogP) is 0.780. The van der Waals surface area contributed by atoms with Gasteiger partial charge in [-0.25, -0.2) is 9.79 Å². The normalized spacial score (nSPS) is 17.9. The molecule has 6 rings (SSSR count). The van der Waals surface area contributed by atoms with Crippen LogP contribution < -0.4 is 26.2 Å². The molecule has 0 radical (unpaired) electrons. The molecule has 12 nitrogen and oxygen atoms in total. The maximum atomic E-state index is 11.5. The van der Waals surface area contributed by atoms with E-state index in [1.165, 1.54) is 0 Å². The minimum atomic E-state index is -0.506. The van der Waals surface area contributed by atoms with Gasteiger partial charge in [0, 0.05) is 43.1 Å². The first-order valence-corrected chi connectivity index (χ1v) is 12.5. The number of ether oxygens (including phenoxy) is 1. The number of piperazine rings is 1. The van der Waals surface area contributed by atoms with Gasteiger partial charge in [-0.05, 0) is 57.0 Å². The Morgan fingerprint density at radius 3 is 2.51 bits per heavy atom. The van der Waals surface area contributed by atoms with E-state index >= 15 is 0 Å². The van der Waals surface area contributed by atoms with Gasteiger partial charge in [0.05, 0.1) is 12.2 Å². The Labute approximate surface area is 212 Å². The molecule has 1 saturated heterocycles. The lowest BCUT2D eigenvalue weighted by atomic mass is 10.2. The number of hydrogen-bond donors (Lipinski definition) is 3. The Morgan fingerprint density at radius 2 is 1.86 bits per heavy atom. The average Bonchev–Trinajstić information content (AvgIpc) is 3.53. The molecule has 2 fully saturated rings. The molecule has 0 atom stereocenters. The summed E-state index contributed by atoms with van der Waals surface area (Å²) < 4.78 is 7.59. The third kappa shape index (κ3) is 4.92. The molecule has 37 heavy (non-hydrogen) atoms. The van der Waals surface area contributed by atoms with E-state index in [1.807, 2.05) is 12.1 Å². The fourth-order valence-electron chi connectivity index (χ4n) is 4.43. The Bertz CT molecular complexity index is 1590. The summed E-state index contributed by atoms with van der Waals surface area (Å²) in [5, 5.41) is 14.9. The minimum absolute atomic E-state index is 0.145. The van der Waals surface area contributed by atoms with Crippen molar-refractivity contribution in [3.05, 3.63) is 57.5 Å². The van der Waals surface area contributed by atoms with Gasteiger partial charge in [-0.3, -0.25) is 9.88 Å². The van der Waals surface area contributed by atoms with Crippen molar-refractivity contribution in [2.45, 2.75) is 38.8 Å². The molecule has 0 spiro atoms. The lowest BCUT2D eigenvalue weighted by Gasteiger charge is -2.38. The zero-order valence-electron chi connectivity index (χ0n) is 20.8. The van der Waals surface area contributed by atoms with E-state index in [4.69, 9.17) is 4.74 Å². The Morgan fingerprint density at radius 1 is 1.11 bits per heavy atom. The lowest BCUT2D eigenvalue weighted by molar-refractivity contribution is 0.209. The molecule has 3 aromatic heterocycles. The molecule has 3 N–H and O–H groups in total. The van der Waals surface area contributed by atoms with E-state index in [9.17, 15) is 9.90 Å². The molecule has 1 aromatic carbocycles. The summed E-state index contributed by atoms with van der Waals surface area (Å²) in [7, 11) is 0. The van der Waals surface area contributed by atoms with Crippen LogP contribution in [-0.4, -0.2) is 77.8 Å². The molecule has 2 aliphatic rings. The number of aromatic amines is 2. The number of H-pyrrole nitrogens is 2. The van der Waals surface area contributed by atoms with Crippen molar-refractivity contribution in [2.24, 2.45) is 4.99 Å². The Kier molecular flexibility index (Phi) is 5.87. The number of aromatic hydroxyl groups is 1. The third-order valence-corrected chi connectivity index (χ3v) is 6.69. The largest absolute Gasteiger partial charge is 0.493 e. The number of rotatable bonds is 6. The highest BCUT2D eigenvalue weighted by molar-refractivity contribution is 5.56. The smallest absolute Gasteiger partial charge is 0.327 e. The molecule has 0 bridgehead atoms. The van der Waals surface area contributed by atoms with Gasteiger partial charge in [0.1, 0.15) is 11.4 Å². The topological polar surface area (TPSA) is 140 Å². The van der Waals surface area contributed by atoms with Crippen LogP contribution in [0.1, 0.15) is 32.4 Å². The molecule has 1 aliphatic heterocycles. The molecular formula is C25H29N9O3. The number of hydrogen-bond acceptors (Lipinski definition) is 9. The number of nitrogens with zero attached hydrogens (tertiary/aromatic N) is 7. The van der Waals surface area contributed by atoms with Crippen LogP contribution in [0.2, 0.25) is 0 Å². The first kappa shape index (κ1) is 23.2. The molecule has 1 aliphatic carbocycles. The quantitative estimate of drug-likeness (QED) is 0.351. The van der Waals surface area contributed by atoms with Gasteiger partial charge in [0.2, 0.25) is 5.88 Å². The van der Waals surface area contributed by atoms with Crippen molar-refractivity contribution in [1.29, 1.82) is 0 Å². The van der Waals surface area contributed by atoms with Crippen LogP contribution in [0.4, 0.5) is 5.69 Å². The maximum absolute atomic E-state index is 11.5. The van der Waals surface area contributed by atoms with Gasteiger partial charge < -0.3 is 19.7 Å². The van der Waals surface area contributed by atoms with Gasteiger partial charge in [0.25, 0.3) is 5.62 Å². The highest BCUT2D eigenvalue weighted by Gasteiger charge is 2.22. The summed E-state index contributed by atoms with van der Waals surface area (Å²) in [6, 6.07) is 8.87. The van der Waals surface area contributed by atoms with Gasteiger partial charge in [-0.1, -0.05) is 0 Å². The zero-order valence-corrected chi connectivity index (χ0v) is 20.8. The van der Waals surface area contributed by atoms with Crippen molar-refractivity contribution in [3.63, 3.8) is 0 Å². The summed E-state index contributed by atoms with van der Waals surface area (Å²) in [4.78, 5) is 35.0. The molecule has 192 valence electrons. The summed E-state index contributed by atoms with van der Waals surface area (Å²) in [5.41, 5.74) is 1.73. The summed E-state index contributed by atoms with van der Waals surface area (Å²) >= 11 is 0. The van der Waals surface area contributed by atoms with E-state index in [0.717, 1.165) is 44.7 Å². The molecule has 12 heteroatoms. The summed E-state index contributed by atoms with van der Waals surface area (Å²) in [5.74, 6) is 0.354. The number of nitrogens with one attached hydrogen (secondary N) is 2. The van der Waals surface area contributed by atoms with Crippen molar-refractivity contribution in [3.8, 4) is 17.6 Å². The number of anilines is 1. The summed E-state index contributed by atoms with van der Waals surface area (Å²) in [6.45, 7) is 8.56. The van der Waals surface area contributed by atoms with Crippen LogP contribution in [0, 0.1) is 0 Å². The first-order chi connectivity index (χ1) is 17.9. The second-order valence-corrected chi connectivity index (χ2v) is 9.70. The molecule has 1 saturated carbocycles. The van der Waals surface area contributed by atoms with Crippen LogP contribution in [0.15, 0.2) is 40.2 Å². The fourth-order valence-corrected chi connectivity index (χ4v) is 4.43. The van der Waals surface area contributed by atoms with Crippen molar-refractivity contribution in [1.82, 2.24) is 34.4 Å². The van der Waals surface area contributed by atoms with Gasteiger partial charge in [0.15, 0.2) is 5.65 Å². The monoisotopic (exact) mass is 503 g/mol. The Hall–Kier alpha value is -4.19. The molecular weight excluding hydrogens is 474 g/mol. The SMILES string of the molecule is CC(C)N1CCN(c2ccc(Oc3nc(=NC4CC4)n4nc/c(=C\c5[nH]c(=O)[nH]c5O)c4n3)cc2)CC1. The standard InChI is InChI=1S/C25H29N9O3/c1-15(2)32-9-11-33(12-10-32)18-5-7-19(8-6-18)37-25-29-21-16(13-20-22(35)30-24(36)28-20)14-26-34(21)23(31-25)27-17-3-4-17/h5-8,13-15,17,35H,3-4,9-12H2,1-2H3,(H2,28,30,36)/b16-13+,27-23?. The second kappa shape index (κ2) is 9.36. The molecule has 4 aromatic rings. The Balaban J connectivity index is 1.29. The van der Waals surface area contributed by atoms with Crippen LogP contribution in [0.25, 0.3) is 11.7 Å². The van der Waals surface area contributed by atoms with E-state index in [2.05, 4.69) is 65.8 Å². The number of aromatic nitrogens is 6. The first-order valence-electron chi connectivity index (χ1n) is 12.5. The van der Waals surface area contributed by atoms with Crippen molar-refractivity contribution in [2.75, 3.05) is 31.1 Å². The van der Waals surface area contributed by atoms with E-state index in [0.29, 0.717) is 28.3 Å². The van der Waals surface area contributed by atoms with Gasteiger partial charge >= 0.3 is 11.7 Å². The molecule has 0 unspecified atom stereocenters. The average molecular weight is 504 g/mol. The van der Waals surface area contributed by atoms with Gasteiger partial charge in [-0.2, -0.15) is 19.6 Å². The number of fused-ring (bicyclic) bond motifs is 1. The van der Waals surface area contributed by atoms with E-state index in [-0.39, 0.29) is 23.6 Å². The lowest BCUT2D eigenvalue weighted by Crippen LogP contribution is -2.48. The highest BCUT2D eigenvalue weighted by atomic mass is 16.5. The van der Waals surface area contributed by atoms with Crippen LogP contribution in [0.5, 0.6) is 17.6 Å². The van der Waals surface area contributed by atoms with Crippen molar-refractivity contribution < 1.29 is 9.84 Å². The minimum Gasteiger partial charge on any atom is -0.493 e. The van der Waals surface area contributed by atoms with Crippen LogP contribution >= 0.6 is 0 Å². The third-order valence-electron chi connectivity index (χ3n) is 6.69. The van der Waals surface area contributed by atoms with E-state index < -0.39 is 5.69 Å². The number of imidazole rings is 1. The number of benzene rings is 1. The molecule has 0 amide bonds. The fraction of sp³-hybridized carbons (Fsp3) is 0.400. The predicted molar refractivity (Wildman–Crippen MR) is 137 cm³/mol. The van der Waals surface area contributed by atoms with Crippen LogP contribution in [0.3, 0.4) is 0 Å². The van der Waals surface area contributed by atoms with Crippen LogP contribution in [-0.2, 0) is 0 Å². The summed E-state index contributed by atoms with van der Waals surface area (Å²) in [6.07, 6.45) is 5.18. The van der Waals surface area contributed by atoms with E-state index in [1.54, 1.807) is 16.8 Å². The molecule has 4 heterocycles.